The quantitative estimate of drug-likeness (QED) is 0.663. The smallest absolute Gasteiger partial charge is 0.217 e. The lowest BCUT2D eigenvalue weighted by Gasteiger charge is -2.29. The lowest BCUT2D eigenvalue weighted by Crippen LogP contribution is -2.43. The van der Waals surface area contributed by atoms with E-state index in [0.29, 0.717) is 6.61 Å². The Bertz CT molecular complexity index is 257. The molecule has 0 spiro atoms. The molecule has 0 aromatic heterocycles. The summed E-state index contributed by atoms with van der Waals surface area (Å²) < 4.78 is 5.85. The molecule has 0 aliphatic carbocycles. The highest BCUT2D eigenvalue weighted by atomic mass is 16.5. The van der Waals surface area contributed by atoms with Crippen LogP contribution in [0.1, 0.15) is 53.9 Å². The van der Waals surface area contributed by atoms with Gasteiger partial charge in [0.25, 0.3) is 0 Å². The molecule has 0 aliphatic heterocycles. The average molecular weight is 241 g/mol. The first-order chi connectivity index (χ1) is 7.68. The van der Waals surface area contributed by atoms with Crippen LogP contribution in [0.4, 0.5) is 0 Å². The fourth-order valence-electron chi connectivity index (χ4n) is 1.64. The molecule has 1 N–H and O–H groups in total. The van der Waals surface area contributed by atoms with Crippen LogP contribution in [-0.2, 0) is 9.53 Å². The third-order valence-corrected chi connectivity index (χ3v) is 2.68. The Balaban J connectivity index is 3.96. The normalized spacial score (nSPS) is 12.3. The number of amides is 1. The number of allylic oxidation sites excluding steroid dienone is 1. The molecule has 0 rings (SSSR count). The third-order valence-electron chi connectivity index (χ3n) is 2.68. The molecule has 0 aromatic rings. The fourth-order valence-corrected chi connectivity index (χ4v) is 1.64. The van der Waals surface area contributed by atoms with E-state index in [2.05, 4.69) is 25.7 Å². The number of hydrogen-bond acceptors (Lipinski definition) is 2. The largest absolute Gasteiger partial charge is 0.375 e. The summed E-state index contributed by atoms with van der Waals surface area (Å²) in [5.74, 6) is 0.000850. The lowest BCUT2D eigenvalue weighted by molar-refractivity contribution is -0.120. The molecule has 17 heavy (non-hydrogen) atoms. The molecular weight excluding hydrogens is 214 g/mol. The second-order valence-corrected chi connectivity index (χ2v) is 5.75. The van der Waals surface area contributed by atoms with E-state index >= 15 is 0 Å². The SMILES string of the molecule is C=CCCC(C)(C)OCCC(C)(C)NC(C)=O. The predicted octanol–water partition coefficient (Wildman–Crippen LogP) is 3.05. The van der Waals surface area contributed by atoms with Crippen LogP contribution >= 0.6 is 0 Å². The van der Waals surface area contributed by atoms with Gasteiger partial charge in [-0.3, -0.25) is 4.79 Å². The van der Waals surface area contributed by atoms with Crippen LogP contribution in [0.15, 0.2) is 12.7 Å². The minimum absolute atomic E-state index is 0.000850. The fraction of sp³-hybridized carbons (Fsp3) is 0.786. The van der Waals surface area contributed by atoms with Gasteiger partial charge in [-0.2, -0.15) is 0 Å². The van der Waals surface area contributed by atoms with Gasteiger partial charge < -0.3 is 10.1 Å². The van der Waals surface area contributed by atoms with E-state index in [-0.39, 0.29) is 17.0 Å². The van der Waals surface area contributed by atoms with Crippen molar-refractivity contribution in [1.29, 1.82) is 0 Å². The topological polar surface area (TPSA) is 38.3 Å². The zero-order chi connectivity index (χ0) is 13.5. The van der Waals surface area contributed by atoms with Crippen molar-refractivity contribution in [2.75, 3.05) is 6.61 Å². The molecule has 0 radical (unpaired) electrons. The zero-order valence-electron chi connectivity index (χ0n) is 11.9. The highest BCUT2D eigenvalue weighted by Crippen LogP contribution is 2.19. The highest BCUT2D eigenvalue weighted by molar-refractivity contribution is 5.73. The molecular formula is C14H27NO2. The van der Waals surface area contributed by atoms with Crippen LogP contribution in [-0.4, -0.2) is 23.7 Å². The molecule has 0 fully saturated rings. The summed E-state index contributed by atoms with van der Waals surface area (Å²) in [6.45, 7) is 14.1. The molecule has 1 amide bonds. The van der Waals surface area contributed by atoms with Gasteiger partial charge >= 0.3 is 0 Å². The van der Waals surface area contributed by atoms with Gasteiger partial charge in [0, 0.05) is 19.1 Å². The molecule has 0 aliphatic rings. The Hall–Kier alpha value is -0.830. The van der Waals surface area contributed by atoms with E-state index in [1.165, 1.54) is 6.92 Å². The van der Waals surface area contributed by atoms with Gasteiger partial charge in [-0.25, -0.2) is 0 Å². The Labute approximate surface area is 106 Å². The maximum absolute atomic E-state index is 11.0. The lowest BCUT2D eigenvalue weighted by atomic mass is 10.00. The molecule has 0 atom stereocenters. The summed E-state index contributed by atoms with van der Waals surface area (Å²) in [5, 5.41) is 2.91. The highest BCUT2D eigenvalue weighted by Gasteiger charge is 2.22. The summed E-state index contributed by atoms with van der Waals surface area (Å²) in [4.78, 5) is 11.0. The van der Waals surface area contributed by atoms with Crippen molar-refractivity contribution >= 4 is 5.91 Å². The second-order valence-electron chi connectivity index (χ2n) is 5.75. The van der Waals surface area contributed by atoms with Crippen LogP contribution < -0.4 is 5.32 Å². The first kappa shape index (κ1) is 16.2. The van der Waals surface area contributed by atoms with Crippen molar-refractivity contribution < 1.29 is 9.53 Å². The molecule has 0 aromatic carbocycles. The van der Waals surface area contributed by atoms with Crippen LogP contribution in [0.3, 0.4) is 0 Å². The standard InChI is InChI=1S/C14H27NO2/c1-7-8-9-14(5,6)17-11-10-13(3,4)15-12(2)16/h7H,1,8-11H2,2-6H3,(H,15,16). The summed E-state index contributed by atoms with van der Waals surface area (Å²) in [6, 6.07) is 0. The summed E-state index contributed by atoms with van der Waals surface area (Å²) in [6.07, 6.45) is 4.65. The number of hydrogen-bond donors (Lipinski definition) is 1. The van der Waals surface area contributed by atoms with Gasteiger partial charge in [-0.05, 0) is 47.0 Å². The van der Waals surface area contributed by atoms with Crippen molar-refractivity contribution in [3.05, 3.63) is 12.7 Å². The molecule has 100 valence electrons. The van der Waals surface area contributed by atoms with Gasteiger partial charge in [-0.15, -0.1) is 6.58 Å². The molecule has 3 heteroatoms. The minimum atomic E-state index is -0.208. The summed E-state index contributed by atoms with van der Waals surface area (Å²) in [5.41, 5.74) is -0.332. The van der Waals surface area contributed by atoms with E-state index in [1.54, 1.807) is 0 Å². The van der Waals surface area contributed by atoms with Gasteiger partial charge in [0.15, 0.2) is 0 Å². The van der Waals surface area contributed by atoms with E-state index in [9.17, 15) is 4.79 Å². The van der Waals surface area contributed by atoms with E-state index in [0.717, 1.165) is 19.3 Å². The average Bonchev–Trinajstić information content (AvgIpc) is 2.11. The van der Waals surface area contributed by atoms with Crippen molar-refractivity contribution in [1.82, 2.24) is 5.32 Å². The first-order valence-electron chi connectivity index (χ1n) is 6.22. The van der Waals surface area contributed by atoms with Crippen LogP contribution in [0.2, 0.25) is 0 Å². The van der Waals surface area contributed by atoms with Crippen LogP contribution in [0.5, 0.6) is 0 Å². The van der Waals surface area contributed by atoms with E-state index in [1.807, 2.05) is 19.9 Å². The molecule has 0 saturated carbocycles. The Kier molecular flexibility index (Phi) is 6.46. The summed E-state index contributed by atoms with van der Waals surface area (Å²) in [7, 11) is 0. The van der Waals surface area contributed by atoms with Gasteiger partial charge in [0.05, 0.1) is 5.60 Å². The van der Waals surface area contributed by atoms with Crippen LogP contribution in [0, 0.1) is 0 Å². The van der Waals surface area contributed by atoms with Gasteiger partial charge in [0.2, 0.25) is 5.91 Å². The maximum atomic E-state index is 11.0. The van der Waals surface area contributed by atoms with Gasteiger partial charge in [-0.1, -0.05) is 6.08 Å². The number of rotatable bonds is 8. The second kappa shape index (κ2) is 6.80. The predicted molar refractivity (Wildman–Crippen MR) is 72.0 cm³/mol. The monoisotopic (exact) mass is 241 g/mol. The van der Waals surface area contributed by atoms with Crippen molar-refractivity contribution in [2.45, 2.75) is 65.0 Å². The molecule has 0 heterocycles. The first-order valence-corrected chi connectivity index (χ1v) is 6.22. The Morgan fingerprint density at radius 1 is 1.29 bits per heavy atom. The van der Waals surface area contributed by atoms with Crippen molar-refractivity contribution in [2.24, 2.45) is 0 Å². The zero-order valence-corrected chi connectivity index (χ0v) is 11.9. The Morgan fingerprint density at radius 2 is 1.88 bits per heavy atom. The molecule has 0 saturated heterocycles. The number of ether oxygens (including phenoxy) is 1. The minimum Gasteiger partial charge on any atom is -0.375 e. The molecule has 0 unspecified atom stereocenters. The third kappa shape index (κ3) is 8.93. The maximum Gasteiger partial charge on any atom is 0.217 e. The number of nitrogens with one attached hydrogen (secondary N) is 1. The van der Waals surface area contributed by atoms with Crippen LogP contribution in [0.25, 0.3) is 0 Å². The molecule has 0 bridgehead atoms. The van der Waals surface area contributed by atoms with E-state index in [4.69, 9.17) is 4.74 Å². The van der Waals surface area contributed by atoms with Crippen molar-refractivity contribution in [3.8, 4) is 0 Å². The van der Waals surface area contributed by atoms with E-state index < -0.39 is 0 Å². The molecule has 3 nitrogen and oxygen atoms in total. The van der Waals surface area contributed by atoms with Crippen molar-refractivity contribution in [3.63, 3.8) is 0 Å². The Morgan fingerprint density at radius 3 is 2.35 bits per heavy atom. The summed E-state index contributed by atoms with van der Waals surface area (Å²) >= 11 is 0. The number of carbonyl (C=O) groups excluding carboxylic acids is 1. The van der Waals surface area contributed by atoms with Gasteiger partial charge in [0.1, 0.15) is 0 Å². The number of carbonyl (C=O) groups is 1.